The summed E-state index contributed by atoms with van der Waals surface area (Å²) in [5, 5.41) is 12.6. The second kappa shape index (κ2) is 6.76. The molecular weight excluding hydrogens is 326 g/mol. The average molecular weight is 343 g/mol. The van der Waals surface area contributed by atoms with E-state index in [9.17, 15) is 4.79 Å². The van der Waals surface area contributed by atoms with Crippen LogP contribution in [0.2, 0.25) is 0 Å². The van der Waals surface area contributed by atoms with Crippen LogP contribution in [0.3, 0.4) is 0 Å². The van der Waals surface area contributed by atoms with Gasteiger partial charge in [0.2, 0.25) is 0 Å². The number of nitrogens with zero attached hydrogens (tertiary/aromatic N) is 5. The van der Waals surface area contributed by atoms with E-state index >= 15 is 0 Å². The lowest BCUT2D eigenvalue weighted by Crippen LogP contribution is -2.25. The largest absolute Gasteiger partial charge is 0.309 e. The highest BCUT2D eigenvalue weighted by Gasteiger charge is 2.30. The number of hydrogen-bond donors (Lipinski definition) is 0. The van der Waals surface area contributed by atoms with E-state index in [0.717, 1.165) is 16.8 Å². The minimum absolute atomic E-state index is 0.150. The molecule has 0 bridgehead atoms. The van der Waals surface area contributed by atoms with E-state index < -0.39 is 0 Å². The van der Waals surface area contributed by atoms with E-state index in [0.29, 0.717) is 12.3 Å². The summed E-state index contributed by atoms with van der Waals surface area (Å²) in [6.07, 6.45) is 5.23. The number of aromatic nitrogens is 2. The topological polar surface area (TPSA) is 62.9 Å². The predicted molar refractivity (Wildman–Crippen MR) is 102 cm³/mol. The van der Waals surface area contributed by atoms with Gasteiger partial charge in [0, 0.05) is 24.4 Å². The lowest BCUT2D eigenvalue weighted by molar-refractivity contribution is -0.111. The van der Waals surface area contributed by atoms with Crippen LogP contribution < -0.4 is 4.90 Å². The molecule has 6 heteroatoms. The summed E-state index contributed by atoms with van der Waals surface area (Å²) in [6, 6.07) is 17.7. The molecule has 0 saturated carbocycles. The molecule has 1 amide bonds. The number of likely N-dealkylation sites (N-methyl/N-ethyl adjacent to an activating group) is 1. The molecule has 1 aliphatic heterocycles. The van der Waals surface area contributed by atoms with Crippen LogP contribution in [0.4, 0.5) is 5.69 Å². The van der Waals surface area contributed by atoms with Crippen molar-refractivity contribution in [1.82, 2.24) is 9.78 Å². The maximum atomic E-state index is 12.3. The normalized spacial score (nSPS) is 15.2. The number of hydrogen-bond acceptors (Lipinski definition) is 4. The third kappa shape index (κ3) is 3.04. The smallest absolute Gasteiger partial charge is 0.279 e. The Morgan fingerprint density at radius 1 is 1.08 bits per heavy atom. The van der Waals surface area contributed by atoms with Crippen LogP contribution in [0.15, 0.2) is 77.2 Å². The molecule has 6 nitrogen and oxygen atoms in total. The summed E-state index contributed by atoms with van der Waals surface area (Å²) < 4.78 is 1.84. The van der Waals surface area contributed by atoms with Gasteiger partial charge in [0.1, 0.15) is 0 Å². The van der Waals surface area contributed by atoms with Crippen LogP contribution in [0.5, 0.6) is 0 Å². The third-order valence-corrected chi connectivity index (χ3v) is 4.23. The monoisotopic (exact) mass is 343 g/mol. The van der Waals surface area contributed by atoms with Gasteiger partial charge in [0.05, 0.1) is 24.6 Å². The summed E-state index contributed by atoms with van der Waals surface area (Å²) in [6.45, 7) is 0.694. The highest BCUT2D eigenvalue weighted by atomic mass is 16.2. The lowest BCUT2D eigenvalue weighted by Gasteiger charge is -2.07. The molecule has 0 atom stereocenters. The Morgan fingerprint density at radius 2 is 1.85 bits per heavy atom. The minimum atomic E-state index is -0.150. The molecule has 1 aliphatic rings. The van der Waals surface area contributed by atoms with E-state index in [1.54, 1.807) is 24.4 Å². The maximum absolute atomic E-state index is 12.3. The molecule has 2 heterocycles. The Bertz CT molecular complexity index is 1000. The molecule has 0 spiro atoms. The third-order valence-electron chi connectivity index (χ3n) is 4.23. The highest BCUT2D eigenvalue weighted by Crippen LogP contribution is 2.27. The van der Waals surface area contributed by atoms with Crippen molar-refractivity contribution in [1.29, 1.82) is 0 Å². The van der Waals surface area contributed by atoms with E-state index in [2.05, 4.69) is 27.4 Å². The molecule has 26 heavy (non-hydrogen) atoms. The number of rotatable bonds is 4. The zero-order valence-corrected chi connectivity index (χ0v) is 14.3. The van der Waals surface area contributed by atoms with Crippen molar-refractivity contribution in [2.75, 3.05) is 11.9 Å². The Kier molecular flexibility index (Phi) is 4.15. The summed E-state index contributed by atoms with van der Waals surface area (Å²) in [5.74, 6) is -0.150. The van der Waals surface area contributed by atoms with Crippen molar-refractivity contribution >= 4 is 23.5 Å². The molecule has 0 aliphatic carbocycles. The molecule has 0 unspecified atom stereocenters. The molecular formula is C20H17N5O. The van der Waals surface area contributed by atoms with Gasteiger partial charge in [-0.05, 0) is 11.6 Å². The highest BCUT2D eigenvalue weighted by molar-refractivity contribution is 6.54. The Balaban J connectivity index is 1.51. The van der Waals surface area contributed by atoms with Crippen LogP contribution in [-0.2, 0) is 11.3 Å². The predicted octanol–water partition coefficient (Wildman–Crippen LogP) is 2.73. The van der Waals surface area contributed by atoms with Gasteiger partial charge in [-0.25, -0.2) is 0 Å². The van der Waals surface area contributed by atoms with Crippen LogP contribution in [0.25, 0.3) is 0 Å². The molecule has 2 aromatic carbocycles. The second-order valence-electron chi connectivity index (χ2n) is 6.03. The lowest BCUT2D eigenvalue weighted by atomic mass is 10.1. The molecule has 128 valence electrons. The maximum Gasteiger partial charge on any atom is 0.279 e. The fourth-order valence-corrected chi connectivity index (χ4v) is 2.90. The molecule has 3 aromatic rings. The van der Waals surface area contributed by atoms with Gasteiger partial charge in [-0.1, -0.05) is 48.5 Å². The van der Waals surface area contributed by atoms with E-state index in [4.69, 9.17) is 0 Å². The first-order valence-corrected chi connectivity index (χ1v) is 8.27. The quantitative estimate of drug-likeness (QED) is 0.540. The van der Waals surface area contributed by atoms with Crippen molar-refractivity contribution < 1.29 is 4.79 Å². The fraction of sp³-hybridized carbons (Fsp3) is 0.100. The van der Waals surface area contributed by atoms with Crippen molar-refractivity contribution in [3.8, 4) is 0 Å². The number of carbonyl (C=O) groups excluding carboxylic acids is 1. The van der Waals surface area contributed by atoms with Crippen LogP contribution >= 0.6 is 0 Å². The number of fused-ring (bicyclic) bond motifs is 1. The molecule has 4 rings (SSSR count). The van der Waals surface area contributed by atoms with E-state index in [1.165, 1.54) is 5.56 Å². The van der Waals surface area contributed by atoms with Gasteiger partial charge >= 0.3 is 0 Å². The van der Waals surface area contributed by atoms with Gasteiger partial charge in [-0.2, -0.15) is 10.2 Å². The molecule has 0 radical (unpaired) electrons. The molecule has 0 N–H and O–H groups in total. The summed E-state index contributed by atoms with van der Waals surface area (Å²) in [5.41, 5.74) is 4.02. The number of amides is 1. The zero-order chi connectivity index (χ0) is 17.9. The van der Waals surface area contributed by atoms with Crippen molar-refractivity contribution in [2.45, 2.75) is 6.54 Å². The standard InChI is InChI=1S/C20H17N5O/c1-24-18-10-6-5-9-17(18)19(20(24)26)23-21-11-16-12-22-25(14-16)13-15-7-3-2-4-8-15/h2-12,14H,13H2,1H3/b21-11-,23-19+. The number of anilines is 1. The zero-order valence-electron chi connectivity index (χ0n) is 14.3. The molecule has 0 fully saturated rings. The van der Waals surface area contributed by atoms with Crippen molar-refractivity contribution in [3.63, 3.8) is 0 Å². The molecule has 0 saturated heterocycles. The average Bonchev–Trinajstić information content (AvgIpc) is 3.21. The van der Waals surface area contributed by atoms with Gasteiger partial charge in [-0.3, -0.25) is 9.48 Å². The van der Waals surface area contributed by atoms with Gasteiger partial charge in [0.15, 0.2) is 5.71 Å². The summed E-state index contributed by atoms with van der Waals surface area (Å²) in [7, 11) is 1.74. The minimum Gasteiger partial charge on any atom is -0.309 e. The van der Waals surface area contributed by atoms with E-state index in [-0.39, 0.29) is 5.91 Å². The summed E-state index contributed by atoms with van der Waals surface area (Å²) in [4.78, 5) is 13.9. The first-order chi connectivity index (χ1) is 12.7. The Hall–Kier alpha value is -3.54. The van der Waals surface area contributed by atoms with Crippen LogP contribution in [0, 0.1) is 0 Å². The number of carbonyl (C=O) groups is 1. The van der Waals surface area contributed by atoms with Crippen LogP contribution in [0.1, 0.15) is 16.7 Å². The van der Waals surface area contributed by atoms with Crippen molar-refractivity contribution in [3.05, 3.63) is 83.7 Å². The molecule has 1 aromatic heterocycles. The Morgan fingerprint density at radius 3 is 2.69 bits per heavy atom. The fourth-order valence-electron chi connectivity index (χ4n) is 2.90. The SMILES string of the molecule is CN1C(=O)/C(=N/N=C\c2cnn(Cc3ccccc3)c2)c2ccccc21. The van der Waals surface area contributed by atoms with Gasteiger partial charge in [0.25, 0.3) is 5.91 Å². The van der Waals surface area contributed by atoms with Crippen LogP contribution in [-0.4, -0.2) is 34.7 Å². The first-order valence-electron chi connectivity index (χ1n) is 8.27. The van der Waals surface area contributed by atoms with E-state index in [1.807, 2.05) is 53.3 Å². The second-order valence-corrected chi connectivity index (χ2v) is 6.03. The first kappa shape index (κ1) is 16.0. The van der Waals surface area contributed by atoms with Crippen molar-refractivity contribution in [2.24, 2.45) is 10.2 Å². The summed E-state index contributed by atoms with van der Waals surface area (Å²) >= 11 is 0. The van der Waals surface area contributed by atoms with Gasteiger partial charge < -0.3 is 4.90 Å². The Labute approximate surface area is 151 Å². The van der Waals surface area contributed by atoms with Gasteiger partial charge in [-0.15, -0.1) is 5.10 Å². The number of para-hydroxylation sites is 1. The number of benzene rings is 2.